The Labute approximate surface area is 98.9 Å². The Morgan fingerprint density at radius 1 is 1.41 bits per heavy atom. The van der Waals surface area contributed by atoms with Gasteiger partial charge < -0.3 is 20.8 Å². The van der Waals surface area contributed by atoms with Crippen molar-refractivity contribution in [2.45, 2.75) is 19.4 Å². The van der Waals surface area contributed by atoms with Crippen LogP contribution in [0.3, 0.4) is 0 Å². The van der Waals surface area contributed by atoms with Crippen molar-refractivity contribution in [3.63, 3.8) is 0 Å². The molecule has 0 aromatic carbocycles. The van der Waals surface area contributed by atoms with Gasteiger partial charge in [-0.2, -0.15) is 4.98 Å². The molecule has 0 spiro atoms. The average molecular weight is 244 g/mol. The first kappa shape index (κ1) is 13.6. The van der Waals surface area contributed by atoms with E-state index in [-0.39, 0.29) is 25.0 Å². The minimum absolute atomic E-state index is 0.0541. The lowest BCUT2D eigenvalue weighted by atomic mass is 10.1. The standard InChI is InChI=1S/C10H17FN4O2/c1-3-12-9-13-4-7(11)8(14-9)15-10(2,5-16)6-17/h4,16-17H,3,5-6H2,1-2H3,(H2,12,13,14,15). The Morgan fingerprint density at radius 3 is 2.59 bits per heavy atom. The number of nitrogens with zero attached hydrogens (tertiary/aromatic N) is 2. The molecule has 0 fully saturated rings. The van der Waals surface area contributed by atoms with Crippen LogP contribution >= 0.6 is 0 Å². The minimum Gasteiger partial charge on any atom is -0.394 e. The van der Waals surface area contributed by atoms with Gasteiger partial charge in [-0.05, 0) is 13.8 Å². The van der Waals surface area contributed by atoms with Gasteiger partial charge in [-0.15, -0.1) is 0 Å². The first-order chi connectivity index (χ1) is 8.04. The molecule has 7 heteroatoms. The van der Waals surface area contributed by atoms with E-state index in [4.69, 9.17) is 10.2 Å². The maximum absolute atomic E-state index is 13.4. The first-order valence-electron chi connectivity index (χ1n) is 5.31. The zero-order chi connectivity index (χ0) is 12.9. The second-order valence-corrected chi connectivity index (χ2v) is 3.92. The van der Waals surface area contributed by atoms with Crippen LogP contribution in [0.5, 0.6) is 0 Å². The molecule has 0 radical (unpaired) electrons. The van der Waals surface area contributed by atoms with Gasteiger partial charge in [0.25, 0.3) is 0 Å². The van der Waals surface area contributed by atoms with Crippen LogP contribution in [0.15, 0.2) is 6.20 Å². The van der Waals surface area contributed by atoms with Crippen molar-refractivity contribution in [1.29, 1.82) is 0 Å². The van der Waals surface area contributed by atoms with Gasteiger partial charge in [-0.25, -0.2) is 9.37 Å². The second-order valence-electron chi connectivity index (χ2n) is 3.92. The highest BCUT2D eigenvalue weighted by molar-refractivity contribution is 5.43. The lowest BCUT2D eigenvalue weighted by Gasteiger charge is -2.26. The smallest absolute Gasteiger partial charge is 0.224 e. The van der Waals surface area contributed by atoms with Gasteiger partial charge >= 0.3 is 0 Å². The summed E-state index contributed by atoms with van der Waals surface area (Å²) < 4.78 is 13.4. The third-order valence-electron chi connectivity index (χ3n) is 2.20. The number of hydrogen-bond acceptors (Lipinski definition) is 6. The predicted octanol–water partition coefficient (Wildman–Crippen LogP) is 0.203. The Balaban J connectivity index is 2.92. The molecule has 0 atom stereocenters. The van der Waals surface area contributed by atoms with Gasteiger partial charge in [0, 0.05) is 6.54 Å². The Kier molecular flexibility index (Phi) is 4.59. The van der Waals surface area contributed by atoms with Crippen LogP contribution < -0.4 is 10.6 Å². The molecule has 17 heavy (non-hydrogen) atoms. The van der Waals surface area contributed by atoms with Crippen molar-refractivity contribution in [2.24, 2.45) is 0 Å². The van der Waals surface area contributed by atoms with Crippen molar-refractivity contribution < 1.29 is 14.6 Å². The molecule has 1 heterocycles. The molecule has 0 aliphatic heterocycles. The summed E-state index contributed by atoms with van der Waals surface area (Å²) in [5.74, 6) is -0.407. The third kappa shape index (κ3) is 3.50. The van der Waals surface area contributed by atoms with Crippen LogP contribution in [0.2, 0.25) is 0 Å². The number of anilines is 2. The molecule has 6 nitrogen and oxygen atoms in total. The SMILES string of the molecule is CCNc1ncc(F)c(NC(C)(CO)CO)n1. The summed E-state index contributed by atoms with van der Waals surface area (Å²) in [7, 11) is 0. The molecule has 96 valence electrons. The number of aliphatic hydroxyl groups is 2. The Morgan fingerprint density at radius 2 is 2.06 bits per heavy atom. The monoisotopic (exact) mass is 244 g/mol. The quantitative estimate of drug-likeness (QED) is 0.571. The van der Waals surface area contributed by atoms with Crippen molar-refractivity contribution in [2.75, 3.05) is 30.4 Å². The van der Waals surface area contributed by atoms with Gasteiger partial charge in [-0.3, -0.25) is 0 Å². The third-order valence-corrected chi connectivity index (χ3v) is 2.20. The molecule has 0 aliphatic rings. The summed E-state index contributed by atoms with van der Waals surface area (Å²) >= 11 is 0. The molecule has 0 aliphatic carbocycles. The average Bonchev–Trinajstić information content (AvgIpc) is 2.33. The van der Waals surface area contributed by atoms with E-state index in [1.165, 1.54) is 0 Å². The van der Waals surface area contributed by atoms with E-state index >= 15 is 0 Å². The van der Waals surface area contributed by atoms with Crippen molar-refractivity contribution in [1.82, 2.24) is 9.97 Å². The maximum Gasteiger partial charge on any atom is 0.224 e. The summed E-state index contributed by atoms with van der Waals surface area (Å²) in [5.41, 5.74) is -1.03. The number of rotatable bonds is 6. The number of halogens is 1. The maximum atomic E-state index is 13.4. The molecule has 4 N–H and O–H groups in total. The highest BCUT2D eigenvalue weighted by Crippen LogP contribution is 2.17. The summed E-state index contributed by atoms with van der Waals surface area (Å²) in [6.07, 6.45) is 1.03. The molecule has 1 aromatic heterocycles. The number of aromatic nitrogens is 2. The Hall–Kier alpha value is -1.47. The van der Waals surface area contributed by atoms with Crippen LogP contribution in [0.4, 0.5) is 16.2 Å². The van der Waals surface area contributed by atoms with E-state index < -0.39 is 11.4 Å². The van der Waals surface area contributed by atoms with E-state index in [0.29, 0.717) is 6.54 Å². The second kappa shape index (κ2) is 5.74. The topological polar surface area (TPSA) is 90.3 Å². The van der Waals surface area contributed by atoms with Crippen molar-refractivity contribution >= 4 is 11.8 Å². The molecular formula is C10H17FN4O2. The number of nitrogens with one attached hydrogen (secondary N) is 2. The first-order valence-corrected chi connectivity index (χ1v) is 5.31. The number of aliphatic hydroxyl groups excluding tert-OH is 2. The highest BCUT2D eigenvalue weighted by Gasteiger charge is 2.24. The minimum atomic E-state index is -1.03. The predicted molar refractivity (Wildman–Crippen MR) is 62.4 cm³/mol. The van der Waals surface area contributed by atoms with Crippen LogP contribution in [0, 0.1) is 5.82 Å². The molecular weight excluding hydrogens is 227 g/mol. The fraction of sp³-hybridized carbons (Fsp3) is 0.600. The van der Waals surface area contributed by atoms with E-state index in [2.05, 4.69) is 20.6 Å². The number of hydrogen-bond donors (Lipinski definition) is 4. The molecule has 0 bridgehead atoms. The van der Waals surface area contributed by atoms with Gasteiger partial charge in [0.1, 0.15) is 0 Å². The summed E-state index contributed by atoms with van der Waals surface area (Å²) in [6.45, 7) is 3.35. The summed E-state index contributed by atoms with van der Waals surface area (Å²) in [4.78, 5) is 7.66. The van der Waals surface area contributed by atoms with Crippen LogP contribution in [-0.4, -0.2) is 45.5 Å². The molecule has 0 saturated carbocycles. The fourth-order valence-electron chi connectivity index (χ4n) is 1.11. The highest BCUT2D eigenvalue weighted by atomic mass is 19.1. The van der Waals surface area contributed by atoms with Crippen molar-refractivity contribution in [3.05, 3.63) is 12.0 Å². The van der Waals surface area contributed by atoms with Gasteiger partial charge in [0.05, 0.1) is 24.9 Å². The van der Waals surface area contributed by atoms with E-state index in [1.54, 1.807) is 6.92 Å². The zero-order valence-electron chi connectivity index (χ0n) is 9.87. The van der Waals surface area contributed by atoms with Crippen LogP contribution in [-0.2, 0) is 0 Å². The van der Waals surface area contributed by atoms with Crippen LogP contribution in [0.1, 0.15) is 13.8 Å². The van der Waals surface area contributed by atoms with Gasteiger partial charge in [0.15, 0.2) is 11.6 Å². The van der Waals surface area contributed by atoms with Crippen molar-refractivity contribution in [3.8, 4) is 0 Å². The zero-order valence-corrected chi connectivity index (χ0v) is 9.87. The van der Waals surface area contributed by atoms with E-state index in [1.807, 2.05) is 6.92 Å². The molecule has 1 aromatic rings. The normalized spacial score (nSPS) is 11.4. The summed E-state index contributed by atoms with van der Waals surface area (Å²) in [6, 6.07) is 0. The fourth-order valence-corrected chi connectivity index (χ4v) is 1.11. The largest absolute Gasteiger partial charge is 0.394 e. The molecule has 1 rings (SSSR count). The van der Waals surface area contributed by atoms with Crippen LogP contribution in [0.25, 0.3) is 0 Å². The van der Waals surface area contributed by atoms with E-state index in [9.17, 15) is 4.39 Å². The lowest BCUT2D eigenvalue weighted by molar-refractivity contribution is 0.147. The van der Waals surface area contributed by atoms with E-state index in [0.717, 1.165) is 6.20 Å². The van der Waals surface area contributed by atoms with Gasteiger partial charge in [-0.1, -0.05) is 0 Å². The lowest BCUT2D eigenvalue weighted by Crippen LogP contribution is -2.43. The summed E-state index contributed by atoms with van der Waals surface area (Å²) in [5, 5.41) is 23.7. The molecule has 0 saturated heterocycles. The molecule has 0 amide bonds. The Bertz CT molecular complexity index is 371. The molecule has 0 unspecified atom stereocenters. The van der Waals surface area contributed by atoms with Gasteiger partial charge in [0.2, 0.25) is 5.95 Å².